The van der Waals surface area contributed by atoms with Crippen molar-refractivity contribution in [1.82, 2.24) is 0 Å². The Labute approximate surface area is 56.2 Å². The number of hydrogen-bond acceptors (Lipinski definition) is 2. The van der Waals surface area contributed by atoms with Gasteiger partial charge >= 0.3 is 0 Å². The van der Waals surface area contributed by atoms with E-state index in [0.717, 1.165) is 19.4 Å². The van der Waals surface area contributed by atoms with Crippen molar-refractivity contribution in [3.05, 3.63) is 0 Å². The normalized spacial score (nSPS) is 9.78. The molecule has 0 bridgehead atoms. The van der Waals surface area contributed by atoms with Crippen LogP contribution in [0.4, 0.5) is 0 Å². The molecule has 2 heteroatoms. The summed E-state index contributed by atoms with van der Waals surface area (Å²) in [5.74, 6) is 0. The number of hydrogen-bond donors (Lipinski definition) is 0. The Bertz CT molecular complexity index is 111. The SMILES string of the molecule is CC/C=N/CCCC#N. The molecule has 9 heavy (non-hydrogen) atoms. The maximum Gasteiger partial charge on any atom is 0.0622 e. The highest BCUT2D eigenvalue weighted by Gasteiger charge is 1.79. The van der Waals surface area contributed by atoms with E-state index in [2.05, 4.69) is 11.1 Å². The van der Waals surface area contributed by atoms with E-state index >= 15 is 0 Å². The van der Waals surface area contributed by atoms with Gasteiger partial charge in [-0.2, -0.15) is 5.26 Å². The smallest absolute Gasteiger partial charge is 0.0622 e. The van der Waals surface area contributed by atoms with E-state index < -0.39 is 0 Å². The van der Waals surface area contributed by atoms with Crippen LogP contribution in [0.3, 0.4) is 0 Å². The fraction of sp³-hybridized carbons (Fsp3) is 0.714. The number of nitrogens with zero attached hydrogens (tertiary/aromatic N) is 2. The van der Waals surface area contributed by atoms with Crippen molar-refractivity contribution in [2.24, 2.45) is 4.99 Å². The fourth-order valence-corrected chi connectivity index (χ4v) is 0.470. The van der Waals surface area contributed by atoms with Crippen LogP contribution in [0.5, 0.6) is 0 Å². The Balaban J connectivity index is 2.92. The molecule has 0 radical (unpaired) electrons. The van der Waals surface area contributed by atoms with Gasteiger partial charge in [0.15, 0.2) is 0 Å². The van der Waals surface area contributed by atoms with Crippen LogP contribution in [-0.4, -0.2) is 12.8 Å². The van der Waals surface area contributed by atoms with Gasteiger partial charge in [0, 0.05) is 13.0 Å². The Morgan fingerprint density at radius 1 is 1.67 bits per heavy atom. The molecule has 0 heterocycles. The summed E-state index contributed by atoms with van der Waals surface area (Å²) in [6.07, 6.45) is 4.40. The molecule has 0 atom stereocenters. The maximum absolute atomic E-state index is 8.12. The lowest BCUT2D eigenvalue weighted by atomic mass is 10.3. The number of rotatable bonds is 4. The maximum atomic E-state index is 8.12. The van der Waals surface area contributed by atoms with Crippen molar-refractivity contribution >= 4 is 6.21 Å². The second-order valence-corrected chi connectivity index (χ2v) is 1.76. The van der Waals surface area contributed by atoms with Gasteiger partial charge in [0.25, 0.3) is 0 Å². The van der Waals surface area contributed by atoms with Crippen molar-refractivity contribution < 1.29 is 0 Å². The van der Waals surface area contributed by atoms with Crippen molar-refractivity contribution in [1.29, 1.82) is 5.26 Å². The zero-order valence-electron chi connectivity index (χ0n) is 5.80. The predicted octanol–water partition coefficient (Wildman–Crippen LogP) is 1.77. The number of aliphatic imine (C=N–C) groups is 1. The first kappa shape index (κ1) is 8.16. The van der Waals surface area contributed by atoms with E-state index in [4.69, 9.17) is 5.26 Å². The lowest BCUT2D eigenvalue weighted by Crippen LogP contribution is -1.79. The highest BCUT2D eigenvalue weighted by Crippen LogP contribution is 1.85. The fourth-order valence-electron chi connectivity index (χ4n) is 0.470. The molecule has 2 nitrogen and oxygen atoms in total. The molecule has 0 aromatic heterocycles. The highest BCUT2D eigenvalue weighted by molar-refractivity contribution is 5.56. The second kappa shape index (κ2) is 7.16. The van der Waals surface area contributed by atoms with Gasteiger partial charge in [0.1, 0.15) is 0 Å². The topological polar surface area (TPSA) is 36.1 Å². The first-order chi connectivity index (χ1) is 4.41. The van der Waals surface area contributed by atoms with Crippen LogP contribution in [0.15, 0.2) is 4.99 Å². The molecule has 0 fully saturated rings. The molecular weight excluding hydrogens is 112 g/mol. The third-order valence-corrected chi connectivity index (χ3v) is 0.887. The standard InChI is InChI=1S/C7H12N2/c1-2-6-9-7-4-3-5-8/h6H,2-4,7H2,1H3/b9-6+. The Morgan fingerprint density at radius 3 is 3.00 bits per heavy atom. The third-order valence-electron chi connectivity index (χ3n) is 0.887. The molecular formula is C7H12N2. The van der Waals surface area contributed by atoms with Crippen LogP contribution in [0.1, 0.15) is 26.2 Å². The van der Waals surface area contributed by atoms with E-state index in [1.807, 2.05) is 13.1 Å². The molecule has 0 aromatic carbocycles. The molecule has 0 aromatic rings. The molecule has 50 valence electrons. The first-order valence-electron chi connectivity index (χ1n) is 3.27. The minimum Gasteiger partial charge on any atom is -0.298 e. The summed E-state index contributed by atoms with van der Waals surface area (Å²) in [5, 5.41) is 8.12. The van der Waals surface area contributed by atoms with Crippen LogP contribution < -0.4 is 0 Å². The molecule has 0 aliphatic carbocycles. The van der Waals surface area contributed by atoms with Gasteiger partial charge in [0.2, 0.25) is 0 Å². The summed E-state index contributed by atoms with van der Waals surface area (Å²) in [6.45, 7) is 2.86. The molecule has 0 rings (SSSR count). The van der Waals surface area contributed by atoms with Gasteiger partial charge in [-0.25, -0.2) is 0 Å². The lowest BCUT2D eigenvalue weighted by molar-refractivity contribution is 0.863. The summed E-state index contributed by atoms with van der Waals surface area (Å²) >= 11 is 0. The average molecular weight is 124 g/mol. The van der Waals surface area contributed by atoms with E-state index in [0.29, 0.717) is 6.42 Å². The monoisotopic (exact) mass is 124 g/mol. The van der Waals surface area contributed by atoms with Gasteiger partial charge in [-0.15, -0.1) is 0 Å². The summed E-state index contributed by atoms with van der Waals surface area (Å²) in [7, 11) is 0. The summed E-state index contributed by atoms with van der Waals surface area (Å²) in [6, 6.07) is 2.07. The zero-order chi connectivity index (χ0) is 6.95. The quantitative estimate of drug-likeness (QED) is 0.415. The van der Waals surface area contributed by atoms with Crippen LogP contribution >= 0.6 is 0 Å². The van der Waals surface area contributed by atoms with Gasteiger partial charge in [-0.1, -0.05) is 6.92 Å². The summed E-state index contributed by atoms with van der Waals surface area (Å²) < 4.78 is 0. The minimum atomic E-state index is 0.626. The number of nitriles is 1. The summed E-state index contributed by atoms with van der Waals surface area (Å²) in [4.78, 5) is 4.05. The molecule has 0 spiro atoms. The van der Waals surface area contributed by atoms with Crippen molar-refractivity contribution in [3.8, 4) is 6.07 Å². The first-order valence-corrected chi connectivity index (χ1v) is 3.27. The van der Waals surface area contributed by atoms with Crippen LogP contribution in [0.25, 0.3) is 0 Å². The predicted molar refractivity (Wildman–Crippen MR) is 38.5 cm³/mol. The van der Waals surface area contributed by atoms with Gasteiger partial charge in [-0.05, 0) is 19.1 Å². The van der Waals surface area contributed by atoms with Gasteiger partial charge in [0.05, 0.1) is 6.07 Å². The molecule has 0 saturated heterocycles. The lowest BCUT2D eigenvalue weighted by Gasteiger charge is -1.84. The Morgan fingerprint density at radius 2 is 2.44 bits per heavy atom. The summed E-state index contributed by atoms with van der Waals surface area (Å²) in [5.41, 5.74) is 0. The van der Waals surface area contributed by atoms with Crippen molar-refractivity contribution in [2.45, 2.75) is 26.2 Å². The van der Waals surface area contributed by atoms with E-state index in [1.54, 1.807) is 0 Å². The van der Waals surface area contributed by atoms with Crippen LogP contribution in [-0.2, 0) is 0 Å². The second-order valence-electron chi connectivity index (χ2n) is 1.76. The van der Waals surface area contributed by atoms with Crippen molar-refractivity contribution in [2.75, 3.05) is 6.54 Å². The molecule has 0 amide bonds. The van der Waals surface area contributed by atoms with Crippen molar-refractivity contribution in [3.63, 3.8) is 0 Å². The Hall–Kier alpha value is -0.840. The molecule has 0 aliphatic rings. The minimum absolute atomic E-state index is 0.626. The largest absolute Gasteiger partial charge is 0.298 e. The van der Waals surface area contributed by atoms with E-state index in [1.165, 1.54) is 0 Å². The number of unbranched alkanes of at least 4 members (excludes halogenated alkanes) is 1. The molecule has 0 aliphatic heterocycles. The van der Waals surface area contributed by atoms with E-state index in [9.17, 15) is 0 Å². The molecule has 0 N–H and O–H groups in total. The van der Waals surface area contributed by atoms with Gasteiger partial charge in [-0.3, -0.25) is 4.99 Å². The molecule has 0 unspecified atom stereocenters. The van der Waals surface area contributed by atoms with Gasteiger partial charge < -0.3 is 0 Å². The third kappa shape index (κ3) is 7.16. The zero-order valence-corrected chi connectivity index (χ0v) is 5.80. The van der Waals surface area contributed by atoms with Crippen LogP contribution in [0.2, 0.25) is 0 Å². The average Bonchev–Trinajstić information content (AvgIpc) is 1.89. The van der Waals surface area contributed by atoms with Crippen LogP contribution in [0, 0.1) is 11.3 Å². The Kier molecular flexibility index (Phi) is 6.49. The van der Waals surface area contributed by atoms with E-state index in [-0.39, 0.29) is 0 Å². The molecule has 0 saturated carbocycles. The highest BCUT2D eigenvalue weighted by atomic mass is 14.7.